The first-order valence-electron chi connectivity index (χ1n) is 4.49. The lowest BCUT2D eigenvalue weighted by molar-refractivity contribution is 0.815. The van der Waals surface area contributed by atoms with Gasteiger partial charge >= 0.3 is 0 Å². The number of halogens is 1. The van der Waals surface area contributed by atoms with E-state index in [0.29, 0.717) is 0 Å². The summed E-state index contributed by atoms with van der Waals surface area (Å²) < 4.78 is 2.12. The molecule has 2 nitrogen and oxygen atoms in total. The van der Waals surface area contributed by atoms with Gasteiger partial charge in [-0.3, -0.25) is 0 Å². The van der Waals surface area contributed by atoms with Gasteiger partial charge in [0.05, 0.1) is 0 Å². The van der Waals surface area contributed by atoms with Crippen molar-refractivity contribution in [1.82, 2.24) is 4.57 Å². The molecule has 0 radical (unpaired) electrons. The third-order valence-electron chi connectivity index (χ3n) is 2.42. The van der Waals surface area contributed by atoms with E-state index in [-0.39, 0.29) is 18.4 Å². The van der Waals surface area contributed by atoms with Crippen LogP contribution in [0.15, 0.2) is 30.5 Å². The van der Waals surface area contributed by atoms with Crippen LogP contribution >= 0.6 is 12.4 Å². The molecule has 2 aromatic rings. The number of para-hydroxylation sites is 1. The molecule has 0 amide bonds. The van der Waals surface area contributed by atoms with Crippen LogP contribution in [0.1, 0.15) is 18.5 Å². The summed E-state index contributed by atoms with van der Waals surface area (Å²) in [4.78, 5) is 0. The first kappa shape index (κ1) is 11.1. The number of hydrogen-bond donors (Lipinski definition) is 1. The zero-order chi connectivity index (χ0) is 9.42. The van der Waals surface area contributed by atoms with Crippen LogP contribution < -0.4 is 5.73 Å². The monoisotopic (exact) mass is 210 g/mol. The van der Waals surface area contributed by atoms with Crippen molar-refractivity contribution in [1.29, 1.82) is 0 Å². The molecule has 0 aliphatic rings. The van der Waals surface area contributed by atoms with Gasteiger partial charge in [0.15, 0.2) is 0 Å². The van der Waals surface area contributed by atoms with Gasteiger partial charge < -0.3 is 10.3 Å². The maximum Gasteiger partial charge on any atom is 0.0481 e. The van der Waals surface area contributed by atoms with Crippen molar-refractivity contribution in [2.75, 3.05) is 0 Å². The summed E-state index contributed by atoms with van der Waals surface area (Å²) in [5, 5.41) is 1.26. The number of aryl methyl sites for hydroxylation is 1. The summed E-state index contributed by atoms with van der Waals surface area (Å²) in [6.07, 6.45) is 2.11. The molecule has 1 unspecified atom stereocenters. The number of nitrogens with two attached hydrogens (primary N) is 1. The number of nitrogens with zero attached hydrogens (tertiary/aromatic N) is 1. The Labute approximate surface area is 90.1 Å². The molecule has 3 heteroatoms. The fraction of sp³-hybridized carbons (Fsp3) is 0.273. The number of benzene rings is 1. The molecule has 0 saturated heterocycles. The minimum absolute atomic E-state index is 0. The Hall–Kier alpha value is -0.990. The molecule has 2 rings (SSSR count). The minimum Gasteiger partial charge on any atom is -0.350 e. The number of fused-ring (bicyclic) bond motifs is 1. The van der Waals surface area contributed by atoms with Crippen LogP contribution in [0.3, 0.4) is 0 Å². The maximum absolute atomic E-state index is 5.88. The average molecular weight is 211 g/mol. The van der Waals surface area contributed by atoms with E-state index in [0.717, 1.165) is 0 Å². The molecule has 0 aliphatic carbocycles. The highest BCUT2D eigenvalue weighted by molar-refractivity contribution is 5.85. The van der Waals surface area contributed by atoms with Crippen LogP contribution in [0.5, 0.6) is 0 Å². The second-order valence-corrected chi connectivity index (χ2v) is 3.50. The van der Waals surface area contributed by atoms with Crippen LogP contribution in [0.25, 0.3) is 10.9 Å². The third-order valence-corrected chi connectivity index (χ3v) is 2.42. The SMILES string of the molecule is CC(N)c1cn(C)c2ccccc12.Cl. The zero-order valence-electron chi connectivity index (χ0n) is 8.40. The van der Waals surface area contributed by atoms with Crippen molar-refractivity contribution in [2.24, 2.45) is 12.8 Å². The van der Waals surface area contributed by atoms with E-state index in [9.17, 15) is 0 Å². The number of hydrogen-bond acceptors (Lipinski definition) is 1. The van der Waals surface area contributed by atoms with E-state index in [1.54, 1.807) is 0 Å². The van der Waals surface area contributed by atoms with Gasteiger partial charge in [-0.15, -0.1) is 12.4 Å². The van der Waals surface area contributed by atoms with Crippen LogP contribution in [-0.2, 0) is 7.05 Å². The van der Waals surface area contributed by atoms with Gasteiger partial charge in [0.1, 0.15) is 0 Å². The number of rotatable bonds is 1. The summed E-state index contributed by atoms with van der Waals surface area (Å²) in [5.41, 5.74) is 8.35. The summed E-state index contributed by atoms with van der Waals surface area (Å²) >= 11 is 0. The molecule has 0 aliphatic heterocycles. The van der Waals surface area contributed by atoms with E-state index in [2.05, 4.69) is 22.9 Å². The quantitative estimate of drug-likeness (QED) is 0.771. The van der Waals surface area contributed by atoms with E-state index >= 15 is 0 Å². The molecular weight excluding hydrogens is 196 g/mol. The summed E-state index contributed by atoms with van der Waals surface area (Å²) in [6.45, 7) is 2.02. The van der Waals surface area contributed by atoms with Crippen LogP contribution in [0.2, 0.25) is 0 Å². The van der Waals surface area contributed by atoms with Gasteiger partial charge in [-0.1, -0.05) is 18.2 Å². The predicted molar refractivity (Wildman–Crippen MR) is 62.8 cm³/mol. The molecule has 1 heterocycles. The van der Waals surface area contributed by atoms with E-state index in [4.69, 9.17) is 5.73 Å². The summed E-state index contributed by atoms with van der Waals surface area (Å²) in [5.74, 6) is 0. The van der Waals surface area contributed by atoms with Crippen molar-refractivity contribution < 1.29 is 0 Å². The van der Waals surface area contributed by atoms with Gasteiger partial charge in [0, 0.05) is 30.2 Å². The van der Waals surface area contributed by atoms with Crippen molar-refractivity contribution in [3.05, 3.63) is 36.0 Å². The Balaban J connectivity index is 0.000000980. The van der Waals surface area contributed by atoms with Gasteiger partial charge in [-0.2, -0.15) is 0 Å². The average Bonchev–Trinajstić information content (AvgIpc) is 2.45. The first-order valence-corrected chi connectivity index (χ1v) is 4.49. The Morgan fingerprint density at radius 2 is 1.93 bits per heavy atom. The predicted octanol–water partition coefficient (Wildman–Crippen LogP) is 2.62. The second kappa shape index (κ2) is 4.03. The number of aromatic nitrogens is 1. The molecule has 0 saturated carbocycles. The molecule has 76 valence electrons. The van der Waals surface area contributed by atoms with Crippen molar-refractivity contribution in [3.8, 4) is 0 Å². The van der Waals surface area contributed by atoms with Crippen LogP contribution in [-0.4, -0.2) is 4.57 Å². The van der Waals surface area contributed by atoms with Crippen molar-refractivity contribution >= 4 is 23.3 Å². The molecule has 0 bridgehead atoms. The Bertz CT molecular complexity index is 432. The fourth-order valence-corrected chi connectivity index (χ4v) is 1.74. The Kier molecular flexibility index (Phi) is 3.19. The van der Waals surface area contributed by atoms with E-state index in [1.165, 1.54) is 16.5 Å². The Morgan fingerprint density at radius 1 is 1.29 bits per heavy atom. The van der Waals surface area contributed by atoms with Crippen molar-refractivity contribution in [3.63, 3.8) is 0 Å². The second-order valence-electron chi connectivity index (χ2n) is 3.50. The normalized spacial score (nSPS) is 12.5. The first-order chi connectivity index (χ1) is 6.20. The van der Waals surface area contributed by atoms with Crippen molar-refractivity contribution in [2.45, 2.75) is 13.0 Å². The van der Waals surface area contributed by atoms with Gasteiger partial charge in [0.25, 0.3) is 0 Å². The van der Waals surface area contributed by atoms with E-state index in [1.807, 2.05) is 26.1 Å². The van der Waals surface area contributed by atoms with Gasteiger partial charge in [-0.05, 0) is 18.6 Å². The molecule has 1 atom stereocenters. The minimum atomic E-state index is 0. The fourth-order valence-electron chi connectivity index (χ4n) is 1.74. The largest absolute Gasteiger partial charge is 0.350 e. The molecular formula is C11H15ClN2. The highest BCUT2D eigenvalue weighted by atomic mass is 35.5. The van der Waals surface area contributed by atoms with Crippen LogP contribution in [0.4, 0.5) is 0 Å². The zero-order valence-corrected chi connectivity index (χ0v) is 9.21. The smallest absolute Gasteiger partial charge is 0.0481 e. The maximum atomic E-state index is 5.88. The highest BCUT2D eigenvalue weighted by Crippen LogP contribution is 2.23. The standard InChI is InChI=1S/C11H14N2.ClH/c1-8(12)10-7-13(2)11-6-4-3-5-9(10)11;/h3-8H,12H2,1-2H3;1H. The molecule has 1 aromatic heterocycles. The lowest BCUT2D eigenvalue weighted by atomic mass is 10.1. The lowest BCUT2D eigenvalue weighted by Crippen LogP contribution is -2.03. The third kappa shape index (κ3) is 1.63. The molecule has 0 fully saturated rings. The van der Waals surface area contributed by atoms with E-state index < -0.39 is 0 Å². The molecule has 2 N–H and O–H groups in total. The molecule has 0 spiro atoms. The van der Waals surface area contributed by atoms with Gasteiger partial charge in [-0.25, -0.2) is 0 Å². The Morgan fingerprint density at radius 3 is 2.57 bits per heavy atom. The molecule has 14 heavy (non-hydrogen) atoms. The highest BCUT2D eigenvalue weighted by Gasteiger charge is 2.08. The summed E-state index contributed by atoms with van der Waals surface area (Å²) in [6, 6.07) is 8.43. The lowest BCUT2D eigenvalue weighted by Gasteiger charge is -2.01. The molecule has 1 aromatic carbocycles. The topological polar surface area (TPSA) is 30.9 Å². The van der Waals surface area contributed by atoms with Gasteiger partial charge in [0.2, 0.25) is 0 Å². The van der Waals surface area contributed by atoms with Crippen LogP contribution in [0, 0.1) is 0 Å². The summed E-state index contributed by atoms with van der Waals surface area (Å²) in [7, 11) is 2.05.